The van der Waals surface area contributed by atoms with Crippen molar-refractivity contribution in [1.29, 1.82) is 0 Å². The molecule has 6 heteroatoms. The molecule has 0 bridgehead atoms. The zero-order chi connectivity index (χ0) is 15.2. The molecule has 0 radical (unpaired) electrons. The average Bonchev–Trinajstić information content (AvgIpc) is 2.48. The van der Waals surface area contributed by atoms with Gasteiger partial charge >= 0.3 is 0 Å². The third kappa shape index (κ3) is 3.94. The van der Waals surface area contributed by atoms with Crippen molar-refractivity contribution in [2.45, 2.75) is 6.92 Å². The van der Waals surface area contributed by atoms with Gasteiger partial charge in [0.1, 0.15) is 5.02 Å². The molecular formula is C15H13ClN4O. The first kappa shape index (κ1) is 14.8. The monoisotopic (exact) mass is 300 g/mol. The number of aromatic nitrogens is 2. The van der Waals surface area contributed by atoms with E-state index in [9.17, 15) is 4.79 Å². The zero-order valence-electron chi connectivity index (χ0n) is 11.4. The van der Waals surface area contributed by atoms with E-state index >= 15 is 0 Å². The second-order valence-electron chi connectivity index (χ2n) is 4.21. The third-order valence-corrected chi connectivity index (χ3v) is 2.93. The highest BCUT2D eigenvalue weighted by Crippen LogP contribution is 2.21. The highest BCUT2D eigenvalue weighted by molar-refractivity contribution is 6.32. The predicted molar refractivity (Wildman–Crippen MR) is 84.1 cm³/mol. The van der Waals surface area contributed by atoms with Crippen LogP contribution < -0.4 is 10.6 Å². The number of benzene rings is 1. The molecule has 0 aliphatic heterocycles. The van der Waals surface area contributed by atoms with Gasteiger partial charge in [-0.1, -0.05) is 17.5 Å². The summed E-state index contributed by atoms with van der Waals surface area (Å²) < 4.78 is 0. The molecule has 1 aromatic heterocycles. The standard InChI is InChI=1S/C15H13ClN4O/c1-3-8-17-14-13(16)9-18-15(20-14)19-12-6-4-11(5-7-12)10(2)21/h1,4-7,9H,8H2,2H3,(H2,17,18,19,20). The molecule has 0 amide bonds. The molecule has 0 aliphatic carbocycles. The van der Waals surface area contributed by atoms with E-state index in [1.54, 1.807) is 24.3 Å². The number of Topliss-reactive ketones (excluding diaryl/α,β-unsaturated/α-hetero) is 1. The molecule has 1 aromatic carbocycles. The van der Waals surface area contributed by atoms with Gasteiger partial charge in [0.05, 0.1) is 12.7 Å². The number of rotatable bonds is 5. The maximum atomic E-state index is 11.2. The van der Waals surface area contributed by atoms with Crippen LogP contribution in [-0.2, 0) is 0 Å². The maximum Gasteiger partial charge on any atom is 0.229 e. The Bertz CT molecular complexity index is 692. The molecule has 1 heterocycles. The van der Waals surface area contributed by atoms with Crippen LogP contribution in [0.25, 0.3) is 0 Å². The van der Waals surface area contributed by atoms with Crippen molar-refractivity contribution in [3.8, 4) is 12.3 Å². The van der Waals surface area contributed by atoms with Crippen molar-refractivity contribution in [3.05, 3.63) is 41.0 Å². The molecule has 0 saturated heterocycles. The van der Waals surface area contributed by atoms with Gasteiger partial charge in [0.25, 0.3) is 0 Å². The first-order valence-electron chi connectivity index (χ1n) is 6.18. The highest BCUT2D eigenvalue weighted by Gasteiger charge is 2.05. The zero-order valence-corrected chi connectivity index (χ0v) is 12.1. The predicted octanol–water partition coefficient (Wildman–Crippen LogP) is 3.12. The molecule has 0 unspecified atom stereocenters. The normalized spacial score (nSPS) is 9.76. The van der Waals surface area contributed by atoms with Crippen molar-refractivity contribution in [2.24, 2.45) is 0 Å². The second-order valence-corrected chi connectivity index (χ2v) is 4.61. The number of terminal acetylenes is 1. The van der Waals surface area contributed by atoms with Gasteiger partial charge in [-0.15, -0.1) is 6.42 Å². The minimum atomic E-state index is 0.0186. The smallest absolute Gasteiger partial charge is 0.229 e. The Morgan fingerprint density at radius 1 is 1.38 bits per heavy atom. The van der Waals surface area contributed by atoms with Crippen LogP contribution in [0.15, 0.2) is 30.5 Å². The molecule has 21 heavy (non-hydrogen) atoms. The number of nitrogens with zero attached hydrogens (tertiary/aromatic N) is 2. The lowest BCUT2D eigenvalue weighted by Gasteiger charge is -2.08. The van der Waals surface area contributed by atoms with Crippen LogP contribution in [0.3, 0.4) is 0 Å². The van der Waals surface area contributed by atoms with E-state index in [4.69, 9.17) is 18.0 Å². The Kier molecular flexibility index (Phi) is 4.75. The lowest BCUT2D eigenvalue weighted by molar-refractivity contribution is 0.101. The van der Waals surface area contributed by atoms with E-state index in [1.165, 1.54) is 13.1 Å². The van der Waals surface area contributed by atoms with Gasteiger partial charge in [0.2, 0.25) is 5.95 Å². The number of halogens is 1. The number of anilines is 3. The Balaban J connectivity index is 2.15. The summed E-state index contributed by atoms with van der Waals surface area (Å²) in [5.41, 5.74) is 1.42. The lowest BCUT2D eigenvalue weighted by atomic mass is 10.1. The number of nitrogens with one attached hydrogen (secondary N) is 2. The Morgan fingerprint density at radius 3 is 2.71 bits per heavy atom. The third-order valence-electron chi connectivity index (χ3n) is 2.65. The fourth-order valence-corrected chi connectivity index (χ4v) is 1.76. The van der Waals surface area contributed by atoms with E-state index < -0.39 is 0 Å². The van der Waals surface area contributed by atoms with Crippen LogP contribution >= 0.6 is 11.6 Å². The van der Waals surface area contributed by atoms with Gasteiger partial charge in [-0.25, -0.2) is 4.98 Å². The molecule has 106 valence electrons. The number of hydrogen-bond donors (Lipinski definition) is 2. The van der Waals surface area contributed by atoms with E-state index in [2.05, 4.69) is 26.5 Å². The summed E-state index contributed by atoms with van der Waals surface area (Å²) in [5.74, 6) is 3.31. The summed E-state index contributed by atoms with van der Waals surface area (Å²) in [6, 6.07) is 7.03. The number of carbonyl (C=O) groups is 1. The quantitative estimate of drug-likeness (QED) is 0.656. The molecule has 2 rings (SSSR count). The van der Waals surface area contributed by atoms with Gasteiger partial charge in [-0.05, 0) is 31.2 Å². The summed E-state index contributed by atoms with van der Waals surface area (Å²) in [6.07, 6.45) is 6.67. The van der Waals surface area contributed by atoms with E-state index in [0.29, 0.717) is 28.9 Å². The van der Waals surface area contributed by atoms with Gasteiger partial charge in [-0.3, -0.25) is 4.79 Å². The Hall–Kier alpha value is -2.58. The summed E-state index contributed by atoms with van der Waals surface area (Å²) in [6.45, 7) is 1.84. The molecule has 2 aromatic rings. The fraction of sp³-hybridized carbons (Fsp3) is 0.133. The van der Waals surface area contributed by atoms with E-state index in [0.717, 1.165) is 5.69 Å². The van der Waals surface area contributed by atoms with Crippen LogP contribution in [0.4, 0.5) is 17.5 Å². The van der Waals surface area contributed by atoms with E-state index in [-0.39, 0.29) is 5.78 Å². The van der Waals surface area contributed by atoms with Crippen LogP contribution in [0.5, 0.6) is 0 Å². The van der Waals surface area contributed by atoms with Gasteiger partial charge < -0.3 is 10.6 Å². The largest absolute Gasteiger partial charge is 0.358 e. The number of hydrogen-bond acceptors (Lipinski definition) is 5. The topological polar surface area (TPSA) is 66.9 Å². The van der Waals surface area contributed by atoms with Crippen molar-refractivity contribution in [2.75, 3.05) is 17.2 Å². The molecule has 2 N–H and O–H groups in total. The SMILES string of the molecule is C#CCNc1nc(Nc2ccc(C(C)=O)cc2)ncc1Cl. The minimum Gasteiger partial charge on any atom is -0.358 e. The summed E-state index contributed by atoms with van der Waals surface area (Å²) in [4.78, 5) is 19.5. The molecule has 0 aliphatic rings. The van der Waals surface area contributed by atoms with E-state index in [1.807, 2.05) is 0 Å². The first-order chi connectivity index (χ1) is 10.1. The molecule has 5 nitrogen and oxygen atoms in total. The summed E-state index contributed by atoms with van der Waals surface area (Å²) >= 11 is 5.97. The molecule has 0 fully saturated rings. The number of ketones is 1. The summed E-state index contributed by atoms with van der Waals surface area (Å²) in [7, 11) is 0. The Morgan fingerprint density at radius 2 is 2.10 bits per heavy atom. The van der Waals surface area contributed by atoms with Crippen LogP contribution in [-0.4, -0.2) is 22.3 Å². The molecule has 0 spiro atoms. The minimum absolute atomic E-state index is 0.0186. The fourth-order valence-electron chi connectivity index (χ4n) is 1.60. The van der Waals surface area contributed by atoms with Crippen molar-refractivity contribution in [3.63, 3.8) is 0 Å². The van der Waals surface area contributed by atoms with Crippen molar-refractivity contribution in [1.82, 2.24) is 9.97 Å². The van der Waals surface area contributed by atoms with Gasteiger partial charge in [-0.2, -0.15) is 4.98 Å². The Labute approximate surface area is 127 Å². The average molecular weight is 301 g/mol. The van der Waals surface area contributed by atoms with Crippen molar-refractivity contribution < 1.29 is 4.79 Å². The lowest BCUT2D eigenvalue weighted by Crippen LogP contribution is -2.05. The van der Waals surface area contributed by atoms with Gasteiger partial charge in [0.15, 0.2) is 11.6 Å². The molecular weight excluding hydrogens is 288 g/mol. The van der Waals surface area contributed by atoms with Gasteiger partial charge in [0, 0.05) is 11.3 Å². The van der Waals surface area contributed by atoms with Crippen LogP contribution in [0.1, 0.15) is 17.3 Å². The van der Waals surface area contributed by atoms with Crippen LogP contribution in [0, 0.1) is 12.3 Å². The maximum absolute atomic E-state index is 11.2. The second kappa shape index (κ2) is 6.73. The van der Waals surface area contributed by atoms with Crippen LogP contribution in [0.2, 0.25) is 5.02 Å². The number of carbonyl (C=O) groups excluding carboxylic acids is 1. The molecule has 0 saturated carbocycles. The van der Waals surface area contributed by atoms with Crippen molar-refractivity contribution >= 4 is 34.8 Å². The first-order valence-corrected chi connectivity index (χ1v) is 6.56. The highest BCUT2D eigenvalue weighted by atomic mass is 35.5. The molecule has 0 atom stereocenters. The summed E-state index contributed by atoms with van der Waals surface area (Å²) in [5, 5.41) is 6.33.